The summed E-state index contributed by atoms with van der Waals surface area (Å²) in [5, 5.41) is 11.4. The lowest BCUT2D eigenvalue weighted by atomic mass is 9.76. The summed E-state index contributed by atoms with van der Waals surface area (Å²) in [5.74, 6) is 0.522. The number of aliphatic hydroxyl groups excluding tert-OH is 1. The topological polar surface area (TPSA) is 88.5 Å². The number of nitrogens with one attached hydrogen (secondary N) is 1. The van der Waals surface area contributed by atoms with Crippen molar-refractivity contribution in [1.82, 2.24) is 9.71 Å². The maximum atomic E-state index is 12.7. The summed E-state index contributed by atoms with van der Waals surface area (Å²) in [6, 6.07) is 4.76. The first-order chi connectivity index (χ1) is 11.4. The Bertz CT molecular complexity index is 796. The molecule has 24 heavy (non-hydrogen) atoms. The first-order valence-corrected chi connectivity index (χ1v) is 10.0. The van der Waals surface area contributed by atoms with E-state index in [-0.39, 0.29) is 12.0 Å². The molecule has 1 aliphatic rings. The van der Waals surface area contributed by atoms with Gasteiger partial charge in [0, 0.05) is 12.3 Å². The summed E-state index contributed by atoms with van der Waals surface area (Å²) >= 11 is 1.20. The SMILES string of the molecule is COc1ccc([C@@H](NS(=O)(=O)c2cc(C)cs2)C2CC(O)C2)cn1. The summed E-state index contributed by atoms with van der Waals surface area (Å²) in [6.45, 7) is 1.86. The average Bonchev–Trinajstić information content (AvgIpc) is 2.97. The van der Waals surface area contributed by atoms with Gasteiger partial charge in [-0.25, -0.2) is 18.1 Å². The average molecular weight is 368 g/mol. The van der Waals surface area contributed by atoms with E-state index in [0.717, 1.165) is 11.1 Å². The minimum atomic E-state index is -3.61. The third kappa shape index (κ3) is 3.61. The highest BCUT2D eigenvalue weighted by molar-refractivity contribution is 7.91. The molecule has 130 valence electrons. The van der Waals surface area contributed by atoms with Crippen LogP contribution in [0.5, 0.6) is 5.88 Å². The van der Waals surface area contributed by atoms with Crippen LogP contribution < -0.4 is 9.46 Å². The van der Waals surface area contributed by atoms with Gasteiger partial charge in [-0.15, -0.1) is 11.3 Å². The van der Waals surface area contributed by atoms with E-state index in [9.17, 15) is 13.5 Å². The van der Waals surface area contributed by atoms with Crippen molar-refractivity contribution in [3.63, 3.8) is 0 Å². The molecule has 0 saturated heterocycles. The van der Waals surface area contributed by atoms with Crippen molar-refractivity contribution < 1.29 is 18.3 Å². The van der Waals surface area contributed by atoms with E-state index < -0.39 is 16.1 Å². The summed E-state index contributed by atoms with van der Waals surface area (Å²) in [6.07, 6.45) is 2.40. The van der Waals surface area contributed by atoms with Gasteiger partial charge >= 0.3 is 0 Å². The van der Waals surface area contributed by atoms with Gasteiger partial charge in [-0.2, -0.15) is 0 Å². The van der Waals surface area contributed by atoms with Crippen LogP contribution in [0.4, 0.5) is 0 Å². The second-order valence-electron chi connectivity index (χ2n) is 6.06. The minimum Gasteiger partial charge on any atom is -0.481 e. The van der Waals surface area contributed by atoms with Crippen LogP contribution in [0.25, 0.3) is 0 Å². The van der Waals surface area contributed by atoms with Crippen molar-refractivity contribution >= 4 is 21.4 Å². The predicted octanol–water partition coefficient (Wildman–Crippen LogP) is 2.25. The molecule has 0 bridgehead atoms. The number of hydrogen-bond acceptors (Lipinski definition) is 6. The normalized spacial score (nSPS) is 22.0. The molecule has 1 saturated carbocycles. The first kappa shape index (κ1) is 17.3. The van der Waals surface area contributed by atoms with Gasteiger partial charge < -0.3 is 9.84 Å². The van der Waals surface area contributed by atoms with Crippen molar-refractivity contribution in [3.05, 3.63) is 40.9 Å². The molecular formula is C16H20N2O4S2. The standard InChI is InChI=1S/C16H20N2O4S2/c1-10-5-15(23-9-10)24(20,21)18-16(12-6-13(19)7-12)11-3-4-14(22-2)17-8-11/h3-5,8-9,12-13,16,18-19H,6-7H2,1-2H3/t12?,13?,16-/m1/s1. The van der Waals surface area contributed by atoms with Crippen LogP contribution in [0.3, 0.4) is 0 Å². The molecule has 6 nitrogen and oxygen atoms in total. The van der Waals surface area contributed by atoms with Crippen LogP contribution in [-0.4, -0.2) is 31.7 Å². The Kier molecular flexibility index (Phi) is 4.91. The van der Waals surface area contributed by atoms with Crippen LogP contribution in [-0.2, 0) is 10.0 Å². The van der Waals surface area contributed by atoms with Gasteiger partial charge in [-0.05, 0) is 48.3 Å². The summed E-state index contributed by atoms with van der Waals surface area (Å²) in [4.78, 5) is 4.17. The van der Waals surface area contributed by atoms with Crippen molar-refractivity contribution in [2.75, 3.05) is 7.11 Å². The molecule has 3 rings (SSSR count). The Labute approximate surface area is 145 Å². The first-order valence-electron chi connectivity index (χ1n) is 7.64. The second-order valence-corrected chi connectivity index (χ2v) is 8.91. The van der Waals surface area contributed by atoms with Gasteiger partial charge in [0.1, 0.15) is 4.21 Å². The maximum absolute atomic E-state index is 12.7. The van der Waals surface area contributed by atoms with Crippen molar-refractivity contribution in [2.24, 2.45) is 5.92 Å². The fourth-order valence-corrected chi connectivity index (χ4v) is 5.35. The minimum absolute atomic E-state index is 0.0472. The molecule has 0 unspecified atom stereocenters. The molecule has 8 heteroatoms. The largest absolute Gasteiger partial charge is 0.481 e. The van der Waals surface area contributed by atoms with Gasteiger partial charge in [0.15, 0.2) is 0 Å². The number of aromatic nitrogens is 1. The molecule has 1 atom stereocenters. The van der Waals surface area contributed by atoms with Gasteiger partial charge in [0.05, 0.1) is 19.3 Å². The molecular weight excluding hydrogens is 348 g/mol. The number of hydrogen-bond donors (Lipinski definition) is 2. The maximum Gasteiger partial charge on any atom is 0.250 e. The smallest absolute Gasteiger partial charge is 0.250 e. The molecule has 2 N–H and O–H groups in total. The number of ether oxygens (including phenoxy) is 1. The molecule has 2 aromatic heterocycles. The van der Waals surface area contributed by atoms with Crippen LogP contribution in [0, 0.1) is 12.8 Å². The zero-order valence-corrected chi connectivity index (χ0v) is 15.1. The third-order valence-corrected chi connectivity index (χ3v) is 7.20. The summed E-state index contributed by atoms with van der Waals surface area (Å²) in [7, 11) is -2.08. The van der Waals surface area contributed by atoms with Gasteiger partial charge in [-0.1, -0.05) is 6.07 Å². The van der Waals surface area contributed by atoms with Crippen LogP contribution in [0.2, 0.25) is 0 Å². The monoisotopic (exact) mass is 368 g/mol. The highest BCUT2D eigenvalue weighted by Gasteiger charge is 2.37. The lowest BCUT2D eigenvalue weighted by Gasteiger charge is -2.37. The molecule has 1 fully saturated rings. The van der Waals surface area contributed by atoms with Crippen molar-refractivity contribution in [1.29, 1.82) is 0 Å². The Morgan fingerprint density at radius 2 is 2.17 bits per heavy atom. The zero-order chi connectivity index (χ0) is 17.3. The lowest BCUT2D eigenvalue weighted by Crippen LogP contribution is -2.41. The number of sulfonamides is 1. The number of methoxy groups -OCH3 is 1. The van der Waals surface area contributed by atoms with Crippen molar-refractivity contribution in [3.8, 4) is 5.88 Å². The Morgan fingerprint density at radius 3 is 2.67 bits per heavy atom. The highest BCUT2D eigenvalue weighted by Crippen LogP contribution is 2.39. The molecule has 0 amide bonds. The van der Waals surface area contributed by atoms with E-state index in [1.54, 1.807) is 18.3 Å². The third-order valence-electron chi connectivity index (χ3n) is 4.20. The molecule has 0 radical (unpaired) electrons. The van der Waals surface area contributed by atoms with Crippen LogP contribution >= 0.6 is 11.3 Å². The van der Waals surface area contributed by atoms with E-state index in [0.29, 0.717) is 22.9 Å². The molecule has 1 aliphatic carbocycles. The molecule has 0 aromatic carbocycles. The van der Waals surface area contributed by atoms with E-state index in [1.165, 1.54) is 18.4 Å². The number of nitrogens with zero attached hydrogens (tertiary/aromatic N) is 1. The predicted molar refractivity (Wildman–Crippen MR) is 91.6 cm³/mol. The molecule has 2 aromatic rings. The number of aryl methyl sites for hydroxylation is 1. The fourth-order valence-electron chi connectivity index (χ4n) is 2.81. The van der Waals surface area contributed by atoms with Crippen LogP contribution in [0.1, 0.15) is 30.0 Å². The Balaban J connectivity index is 1.87. The number of thiophene rings is 1. The molecule has 2 heterocycles. The summed E-state index contributed by atoms with van der Waals surface area (Å²) in [5.41, 5.74) is 1.69. The summed E-state index contributed by atoms with van der Waals surface area (Å²) < 4.78 is 33.5. The van der Waals surface area contributed by atoms with Crippen LogP contribution in [0.15, 0.2) is 34.0 Å². The molecule has 0 spiro atoms. The van der Waals surface area contributed by atoms with Gasteiger partial charge in [0.25, 0.3) is 10.0 Å². The molecule has 0 aliphatic heterocycles. The number of aliphatic hydroxyl groups is 1. The van der Waals surface area contributed by atoms with E-state index in [1.807, 2.05) is 18.4 Å². The van der Waals surface area contributed by atoms with E-state index in [2.05, 4.69) is 9.71 Å². The lowest BCUT2D eigenvalue weighted by molar-refractivity contribution is 0.0279. The zero-order valence-electron chi connectivity index (χ0n) is 13.5. The highest BCUT2D eigenvalue weighted by atomic mass is 32.2. The van der Waals surface area contributed by atoms with Gasteiger partial charge in [-0.3, -0.25) is 0 Å². The second kappa shape index (κ2) is 6.79. The quantitative estimate of drug-likeness (QED) is 0.816. The van der Waals surface area contributed by atoms with E-state index in [4.69, 9.17) is 4.74 Å². The van der Waals surface area contributed by atoms with E-state index >= 15 is 0 Å². The number of rotatable bonds is 6. The van der Waals surface area contributed by atoms with Gasteiger partial charge in [0.2, 0.25) is 5.88 Å². The number of pyridine rings is 1. The Morgan fingerprint density at radius 1 is 1.42 bits per heavy atom. The Hall–Kier alpha value is -1.48. The fraction of sp³-hybridized carbons (Fsp3) is 0.438. The van der Waals surface area contributed by atoms with Crippen molar-refractivity contribution in [2.45, 2.75) is 36.1 Å².